The molecule has 24 heavy (non-hydrogen) atoms. The molecule has 0 aliphatic heterocycles. The summed E-state index contributed by atoms with van der Waals surface area (Å²) in [6, 6.07) is 7.54. The minimum atomic E-state index is -1.11. The Balaban J connectivity index is 2.18. The van der Waals surface area contributed by atoms with Gasteiger partial charge in [0.25, 0.3) is 0 Å². The number of rotatable bonds is 9. The molecule has 1 aromatic carbocycles. The van der Waals surface area contributed by atoms with Crippen LogP contribution in [0.1, 0.15) is 39.2 Å². The van der Waals surface area contributed by atoms with Crippen molar-refractivity contribution in [3.63, 3.8) is 0 Å². The van der Waals surface area contributed by atoms with Gasteiger partial charge in [0, 0.05) is 13.2 Å². The number of carbonyl (C=O) groups excluding carboxylic acids is 1. The van der Waals surface area contributed by atoms with Crippen molar-refractivity contribution in [2.75, 3.05) is 19.8 Å². The number of carbonyl (C=O) groups is 1. The number of aliphatic hydroxyl groups excluding tert-OH is 1. The van der Waals surface area contributed by atoms with E-state index in [2.05, 4.69) is 5.32 Å². The average Bonchev–Trinajstić information content (AvgIpc) is 2.51. The summed E-state index contributed by atoms with van der Waals surface area (Å²) in [6.07, 6.45) is 1.22. The number of ether oxygens (including phenoxy) is 2. The largest absolute Gasteiger partial charge is 0.848 e. The molecule has 0 saturated carbocycles. The van der Waals surface area contributed by atoms with Gasteiger partial charge in [-0.15, -0.1) is 0 Å². The van der Waals surface area contributed by atoms with Gasteiger partial charge in [0.15, 0.2) is 0 Å². The van der Waals surface area contributed by atoms with Crippen molar-refractivity contribution < 1.29 is 24.5 Å². The van der Waals surface area contributed by atoms with Crippen molar-refractivity contribution in [1.82, 2.24) is 5.32 Å². The minimum absolute atomic E-state index is 0.0355. The van der Waals surface area contributed by atoms with Crippen LogP contribution in [-0.4, -0.2) is 42.7 Å². The number of aliphatic hydroxyl groups is 1. The maximum Gasteiger partial charge on any atom is 0.407 e. The predicted molar refractivity (Wildman–Crippen MR) is 90.0 cm³/mol. The van der Waals surface area contributed by atoms with Crippen LogP contribution in [0.2, 0.25) is 0 Å². The SMILES string of the molecule is CC(C)(C)OC(=O)NCCCCc1ccc(OCC([O-])CO)cc1. The normalized spacial score (nSPS) is 12.5. The van der Waals surface area contributed by atoms with Crippen LogP contribution in [0.3, 0.4) is 0 Å². The average molecular weight is 338 g/mol. The second-order valence-corrected chi connectivity index (χ2v) is 6.65. The Morgan fingerprint density at radius 3 is 2.50 bits per heavy atom. The lowest BCUT2D eigenvalue weighted by Gasteiger charge is -2.19. The van der Waals surface area contributed by atoms with E-state index in [1.165, 1.54) is 5.56 Å². The molecule has 6 nitrogen and oxygen atoms in total. The number of hydrogen-bond donors (Lipinski definition) is 2. The van der Waals surface area contributed by atoms with E-state index in [-0.39, 0.29) is 12.7 Å². The van der Waals surface area contributed by atoms with Gasteiger partial charge in [-0.2, -0.15) is 0 Å². The van der Waals surface area contributed by atoms with E-state index in [1.54, 1.807) is 0 Å². The summed E-state index contributed by atoms with van der Waals surface area (Å²) in [6.45, 7) is 5.63. The molecule has 1 rings (SSSR count). The molecule has 0 bridgehead atoms. The van der Waals surface area contributed by atoms with Gasteiger partial charge in [-0.3, -0.25) is 0 Å². The van der Waals surface area contributed by atoms with E-state index in [0.717, 1.165) is 19.3 Å². The van der Waals surface area contributed by atoms with E-state index in [1.807, 2.05) is 45.0 Å². The Hall–Kier alpha value is -1.79. The van der Waals surface area contributed by atoms with Crippen LogP contribution in [0.25, 0.3) is 0 Å². The lowest BCUT2D eigenvalue weighted by molar-refractivity contribution is -0.429. The minimum Gasteiger partial charge on any atom is -0.848 e. The third-order valence-corrected chi connectivity index (χ3v) is 3.12. The van der Waals surface area contributed by atoms with Crippen molar-refractivity contribution in [1.29, 1.82) is 0 Å². The smallest absolute Gasteiger partial charge is 0.407 e. The molecule has 1 amide bonds. The monoisotopic (exact) mass is 338 g/mol. The van der Waals surface area contributed by atoms with Crippen LogP contribution >= 0.6 is 0 Å². The first-order chi connectivity index (χ1) is 11.3. The molecule has 0 spiro atoms. The highest BCUT2D eigenvalue weighted by molar-refractivity contribution is 5.67. The van der Waals surface area contributed by atoms with Crippen molar-refractivity contribution >= 4 is 6.09 Å². The summed E-state index contributed by atoms with van der Waals surface area (Å²) in [5.41, 5.74) is 0.692. The first-order valence-electron chi connectivity index (χ1n) is 8.25. The molecule has 0 aliphatic carbocycles. The summed E-state index contributed by atoms with van der Waals surface area (Å²) >= 11 is 0. The van der Waals surface area contributed by atoms with E-state index in [4.69, 9.17) is 14.6 Å². The number of hydrogen-bond acceptors (Lipinski definition) is 5. The molecule has 136 valence electrons. The molecular weight excluding hydrogens is 310 g/mol. The fourth-order valence-corrected chi connectivity index (χ4v) is 1.95. The topological polar surface area (TPSA) is 90.9 Å². The van der Waals surface area contributed by atoms with E-state index < -0.39 is 18.3 Å². The Kier molecular flexibility index (Phi) is 8.57. The van der Waals surface area contributed by atoms with Gasteiger partial charge in [0.2, 0.25) is 0 Å². The fourth-order valence-electron chi connectivity index (χ4n) is 1.95. The summed E-state index contributed by atoms with van der Waals surface area (Å²) in [5, 5.41) is 22.4. The quantitative estimate of drug-likeness (QED) is 0.668. The van der Waals surface area contributed by atoms with Crippen LogP contribution in [0.15, 0.2) is 24.3 Å². The molecule has 6 heteroatoms. The zero-order valence-electron chi connectivity index (χ0n) is 14.7. The molecule has 0 saturated heterocycles. The van der Waals surface area contributed by atoms with Gasteiger partial charge in [-0.05, 0) is 57.7 Å². The summed E-state index contributed by atoms with van der Waals surface area (Å²) < 4.78 is 10.5. The molecule has 0 radical (unpaired) electrons. The van der Waals surface area contributed by atoms with E-state index >= 15 is 0 Å². The molecular formula is C18H28NO5-. The predicted octanol–water partition coefficient (Wildman–Crippen LogP) is 1.63. The molecule has 0 aliphatic rings. The molecule has 1 atom stereocenters. The highest BCUT2D eigenvalue weighted by atomic mass is 16.6. The van der Waals surface area contributed by atoms with Crippen molar-refractivity contribution in [2.45, 2.75) is 51.7 Å². The highest BCUT2D eigenvalue weighted by Gasteiger charge is 2.15. The van der Waals surface area contributed by atoms with Crippen molar-refractivity contribution in [2.24, 2.45) is 0 Å². The van der Waals surface area contributed by atoms with Crippen LogP contribution < -0.4 is 15.2 Å². The van der Waals surface area contributed by atoms with Crippen LogP contribution in [-0.2, 0) is 11.2 Å². The molecule has 0 fully saturated rings. The molecule has 0 heterocycles. The zero-order chi connectivity index (χ0) is 18.0. The molecule has 2 N–H and O–H groups in total. The van der Waals surface area contributed by atoms with Gasteiger partial charge in [-0.25, -0.2) is 4.79 Å². The zero-order valence-corrected chi connectivity index (χ0v) is 14.7. The number of alkyl carbamates (subject to hydrolysis) is 1. The summed E-state index contributed by atoms with van der Waals surface area (Å²) in [4.78, 5) is 11.5. The summed E-state index contributed by atoms with van der Waals surface area (Å²) in [7, 11) is 0. The maximum absolute atomic E-state index is 11.5. The Morgan fingerprint density at radius 1 is 1.25 bits per heavy atom. The van der Waals surface area contributed by atoms with Gasteiger partial charge in [-0.1, -0.05) is 18.2 Å². The molecule has 1 unspecified atom stereocenters. The standard InChI is InChI=1S/C18H28NO5/c1-18(2,3)24-17(22)19-11-5-4-6-14-7-9-16(10-8-14)23-13-15(21)12-20/h7-10,15,20H,4-6,11-13H2,1-3H3,(H,19,22)/q-1. The third-order valence-electron chi connectivity index (χ3n) is 3.12. The molecule has 0 aromatic heterocycles. The van der Waals surface area contributed by atoms with Gasteiger partial charge in [0.05, 0.1) is 6.61 Å². The Morgan fingerprint density at radius 2 is 1.92 bits per heavy atom. The van der Waals surface area contributed by atoms with Crippen LogP contribution in [0, 0.1) is 0 Å². The first-order valence-corrected chi connectivity index (χ1v) is 8.25. The molecule has 1 aromatic rings. The fraction of sp³-hybridized carbons (Fsp3) is 0.611. The lowest BCUT2D eigenvalue weighted by atomic mass is 10.1. The van der Waals surface area contributed by atoms with Gasteiger partial charge in [0.1, 0.15) is 11.4 Å². The number of nitrogens with one attached hydrogen (secondary N) is 1. The number of amides is 1. The van der Waals surface area contributed by atoms with Crippen molar-refractivity contribution in [3.05, 3.63) is 29.8 Å². The van der Waals surface area contributed by atoms with E-state index in [9.17, 15) is 9.90 Å². The second kappa shape index (κ2) is 10.2. The van der Waals surface area contributed by atoms with Gasteiger partial charge >= 0.3 is 6.09 Å². The van der Waals surface area contributed by atoms with Crippen LogP contribution in [0.4, 0.5) is 4.79 Å². The van der Waals surface area contributed by atoms with Crippen LogP contribution in [0.5, 0.6) is 5.75 Å². The van der Waals surface area contributed by atoms with Gasteiger partial charge < -0.3 is 25.0 Å². The lowest BCUT2D eigenvalue weighted by Crippen LogP contribution is -2.35. The summed E-state index contributed by atoms with van der Waals surface area (Å²) in [5.74, 6) is 0.625. The van der Waals surface area contributed by atoms with E-state index in [0.29, 0.717) is 12.3 Å². The third kappa shape index (κ3) is 9.37. The second-order valence-electron chi connectivity index (χ2n) is 6.65. The maximum atomic E-state index is 11.5. The number of aryl methyl sites for hydroxylation is 1. The number of unbranched alkanes of at least 4 members (excludes halogenated alkanes) is 1. The first kappa shape index (κ1) is 20.3. The van der Waals surface area contributed by atoms with Crippen molar-refractivity contribution in [3.8, 4) is 5.75 Å². The number of benzene rings is 1. The Bertz CT molecular complexity index is 481. The highest BCUT2D eigenvalue weighted by Crippen LogP contribution is 2.14. The Labute approximate surface area is 143 Å².